The number of aryl methyl sites for hydroxylation is 1. The predicted molar refractivity (Wildman–Crippen MR) is 103 cm³/mol. The number of hydrogen-bond acceptors (Lipinski definition) is 6. The van der Waals surface area contributed by atoms with Crippen molar-refractivity contribution in [3.8, 4) is 0 Å². The van der Waals surface area contributed by atoms with Gasteiger partial charge in [-0.1, -0.05) is 36.0 Å². The first-order valence-electron chi connectivity index (χ1n) is 8.05. The van der Waals surface area contributed by atoms with Crippen molar-refractivity contribution < 1.29 is 9.59 Å². The van der Waals surface area contributed by atoms with Crippen LogP contribution in [-0.4, -0.2) is 33.8 Å². The van der Waals surface area contributed by atoms with Gasteiger partial charge in [0.1, 0.15) is 5.01 Å². The minimum atomic E-state index is -0.271. The van der Waals surface area contributed by atoms with Crippen molar-refractivity contribution in [3.05, 3.63) is 39.8 Å². The number of rotatable bonds is 8. The average Bonchev–Trinajstić information content (AvgIpc) is 3.06. The van der Waals surface area contributed by atoms with E-state index in [4.69, 9.17) is 0 Å². The zero-order valence-corrected chi connectivity index (χ0v) is 16.2. The van der Waals surface area contributed by atoms with Crippen LogP contribution in [0, 0.1) is 6.92 Å². The monoisotopic (exact) mass is 378 g/mol. The summed E-state index contributed by atoms with van der Waals surface area (Å²) in [6.07, 6.45) is 0.909. The van der Waals surface area contributed by atoms with Crippen LogP contribution >= 0.6 is 23.1 Å². The number of aromatic nitrogens is 2. The molecule has 0 radical (unpaired) electrons. The summed E-state index contributed by atoms with van der Waals surface area (Å²) in [5.74, 6) is 0.673. The first-order valence-corrected chi connectivity index (χ1v) is 10.0. The lowest BCUT2D eigenvalue weighted by molar-refractivity contribution is -0.119. The lowest BCUT2D eigenvalue weighted by Gasteiger charge is -2.10. The average molecular weight is 379 g/mol. The maximum Gasteiger partial charge on any atom is 0.286 e. The van der Waals surface area contributed by atoms with Crippen molar-refractivity contribution in [3.63, 3.8) is 0 Å². The molecule has 0 saturated heterocycles. The van der Waals surface area contributed by atoms with Crippen LogP contribution in [0.1, 0.15) is 40.6 Å². The van der Waals surface area contributed by atoms with Crippen LogP contribution in [0.2, 0.25) is 0 Å². The smallest absolute Gasteiger partial charge is 0.286 e. The molecule has 1 aromatic carbocycles. The molecule has 0 saturated carbocycles. The highest BCUT2D eigenvalue weighted by Crippen LogP contribution is 2.18. The third kappa shape index (κ3) is 6.47. The molecule has 6 nitrogen and oxygen atoms in total. The van der Waals surface area contributed by atoms with Crippen LogP contribution < -0.4 is 10.6 Å². The summed E-state index contributed by atoms with van der Waals surface area (Å²) in [5, 5.41) is 14.7. The molecule has 25 heavy (non-hydrogen) atoms. The van der Waals surface area contributed by atoms with Gasteiger partial charge in [0.05, 0.1) is 5.75 Å². The van der Waals surface area contributed by atoms with Crippen LogP contribution in [0.4, 0.5) is 5.69 Å². The van der Waals surface area contributed by atoms with E-state index in [0.717, 1.165) is 22.7 Å². The number of hydrogen-bond donors (Lipinski definition) is 2. The van der Waals surface area contributed by atoms with E-state index in [2.05, 4.69) is 20.8 Å². The SMILES string of the molecule is CC[C@@H](C)NC(=O)CSCc1nnc(C(=O)Nc2ccc(C)cc2)s1. The predicted octanol–water partition coefficient (Wildman–Crippen LogP) is 3.25. The Balaban J connectivity index is 1.80. The molecule has 0 aliphatic rings. The van der Waals surface area contributed by atoms with E-state index >= 15 is 0 Å². The summed E-state index contributed by atoms with van der Waals surface area (Å²) in [7, 11) is 0. The van der Waals surface area contributed by atoms with Crippen molar-refractivity contribution in [2.24, 2.45) is 0 Å². The molecule has 134 valence electrons. The van der Waals surface area contributed by atoms with E-state index in [9.17, 15) is 9.59 Å². The van der Waals surface area contributed by atoms with Crippen LogP contribution in [0.3, 0.4) is 0 Å². The van der Waals surface area contributed by atoms with E-state index in [-0.39, 0.29) is 17.9 Å². The van der Waals surface area contributed by atoms with E-state index in [1.807, 2.05) is 45.0 Å². The molecule has 0 bridgehead atoms. The molecule has 0 aliphatic heterocycles. The van der Waals surface area contributed by atoms with Gasteiger partial charge in [0, 0.05) is 17.5 Å². The molecule has 0 fully saturated rings. The summed E-state index contributed by atoms with van der Waals surface area (Å²) in [4.78, 5) is 23.9. The molecule has 2 N–H and O–H groups in total. The Bertz CT molecular complexity index is 716. The van der Waals surface area contributed by atoms with Crippen molar-refractivity contribution in [1.29, 1.82) is 0 Å². The number of nitrogens with zero attached hydrogens (tertiary/aromatic N) is 2. The molecule has 0 unspecified atom stereocenters. The van der Waals surface area contributed by atoms with Gasteiger partial charge in [-0.3, -0.25) is 9.59 Å². The summed E-state index contributed by atoms with van der Waals surface area (Å²) >= 11 is 2.71. The number of benzene rings is 1. The Labute approximate surface area is 155 Å². The zero-order valence-electron chi connectivity index (χ0n) is 14.5. The largest absolute Gasteiger partial charge is 0.353 e. The number of nitrogens with one attached hydrogen (secondary N) is 2. The van der Waals surface area contributed by atoms with Gasteiger partial charge < -0.3 is 10.6 Å². The number of carbonyl (C=O) groups excluding carboxylic acids is 2. The number of amides is 2. The van der Waals surface area contributed by atoms with Crippen LogP contribution in [0.15, 0.2) is 24.3 Å². The molecule has 8 heteroatoms. The second-order valence-electron chi connectivity index (χ2n) is 5.69. The topological polar surface area (TPSA) is 84.0 Å². The second kappa shape index (κ2) is 9.53. The quantitative estimate of drug-likeness (QED) is 0.737. The lowest BCUT2D eigenvalue weighted by Crippen LogP contribution is -2.33. The van der Waals surface area contributed by atoms with E-state index < -0.39 is 0 Å². The fraction of sp³-hybridized carbons (Fsp3) is 0.412. The van der Waals surface area contributed by atoms with Crippen LogP contribution in [0.25, 0.3) is 0 Å². The van der Waals surface area contributed by atoms with E-state index in [0.29, 0.717) is 16.5 Å². The molecule has 1 atom stereocenters. The number of carbonyl (C=O) groups is 2. The Kier molecular flexibility index (Phi) is 7.39. The maximum atomic E-state index is 12.2. The van der Waals surface area contributed by atoms with Crippen molar-refractivity contribution in [1.82, 2.24) is 15.5 Å². The van der Waals surface area contributed by atoms with Gasteiger partial charge in [-0.25, -0.2) is 0 Å². The van der Waals surface area contributed by atoms with Gasteiger partial charge >= 0.3 is 0 Å². The van der Waals surface area contributed by atoms with Crippen molar-refractivity contribution in [2.75, 3.05) is 11.1 Å². The Morgan fingerprint density at radius 1 is 1.24 bits per heavy atom. The van der Waals surface area contributed by atoms with Gasteiger partial charge in [-0.05, 0) is 32.4 Å². The van der Waals surface area contributed by atoms with Gasteiger partial charge in [-0.2, -0.15) is 0 Å². The highest BCUT2D eigenvalue weighted by atomic mass is 32.2. The standard InChI is InChI=1S/C17H22N4O2S2/c1-4-12(3)18-14(22)9-24-10-15-20-21-17(25-15)16(23)19-13-7-5-11(2)6-8-13/h5-8,12H,4,9-10H2,1-3H3,(H,18,22)(H,19,23)/t12-/m1/s1. The van der Waals surface area contributed by atoms with E-state index in [1.54, 1.807) is 0 Å². The second-order valence-corrected chi connectivity index (χ2v) is 7.74. The van der Waals surface area contributed by atoms with Gasteiger partial charge in [0.15, 0.2) is 0 Å². The fourth-order valence-electron chi connectivity index (χ4n) is 1.87. The van der Waals surface area contributed by atoms with Crippen LogP contribution in [-0.2, 0) is 10.5 Å². The van der Waals surface area contributed by atoms with Crippen molar-refractivity contribution >= 4 is 40.6 Å². The maximum absolute atomic E-state index is 12.2. The summed E-state index contributed by atoms with van der Waals surface area (Å²) in [5.41, 5.74) is 1.86. The first-order chi connectivity index (χ1) is 12.0. The van der Waals surface area contributed by atoms with Gasteiger partial charge in [-0.15, -0.1) is 22.0 Å². The summed E-state index contributed by atoms with van der Waals surface area (Å²) in [6.45, 7) is 6.00. The van der Waals surface area contributed by atoms with Crippen molar-refractivity contribution in [2.45, 2.75) is 39.0 Å². The summed E-state index contributed by atoms with van der Waals surface area (Å²) < 4.78 is 0. The first kappa shape index (κ1) is 19.4. The molecule has 2 aromatic rings. The minimum absolute atomic E-state index is 0.0150. The molecule has 1 heterocycles. The molecule has 1 aromatic heterocycles. The fourth-order valence-corrected chi connectivity index (χ4v) is 3.49. The molecule has 2 rings (SSSR count). The number of thioether (sulfide) groups is 1. The molecule has 0 spiro atoms. The molecular formula is C17H22N4O2S2. The Morgan fingerprint density at radius 3 is 2.64 bits per heavy atom. The Hall–Kier alpha value is -1.93. The molecular weight excluding hydrogens is 356 g/mol. The number of anilines is 1. The van der Waals surface area contributed by atoms with Gasteiger partial charge in [0.2, 0.25) is 10.9 Å². The molecule has 0 aliphatic carbocycles. The highest BCUT2D eigenvalue weighted by Gasteiger charge is 2.14. The van der Waals surface area contributed by atoms with Gasteiger partial charge in [0.25, 0.3) is 5.91 Å². The third-order valence-electron chi connectivity index (χ3n) is 3.45. The normalized spacial score (nSPS) is 11.8. The highest BCUT2D eigenvalue weighted by molar-refractivity contribution is 7.99. The third-order valence-corrected chi connectivity index (χ3v) is 5.50. The summed E-state index contributed by atoms with van der Waals surface area (Å²) in [6, 6.07) is 7.75. The van der Waals surface area contributed by atoms with E-state index in [1.165, 1.54) is 23.1 Å². The Morgan fingerprint density at radius 2 is 1.96 bits per heavy atom. The zero-order chi connectivity index (χ0) is 18.2. The minimum Gasteiger partial charge on any atom is -0.353 e. The molecule has 2 amide bonds. The lowest BCUT2D eigenvalue weighted by atomic mass is 10.2. The van der Waals surface area contributed by atoms with Crippen LogP contribution in [0.5, 0.6) is 0 Å².